The maximum atomic E-state index is 12.7. The topological polar surface area (TPSA) is 86.8 Å². The monoisotopic (exact) mass is 609 g/mol. The summed E-state index contributed by atoms with van der Waals surface area (Å²) in [6.07, 6.45) is 3.62. The first-order valence-corrected chi connectivity index (χ1v) is 15.1. The van der Waals surface area contributed by atoms with Crippen LogP contribution in [0, 0.1) is 0 Å². The Morgan fingerprint density at radius 2 is 1.70 bits per heavy atom. The second-order valence-corrected chi connectivity index (χ2v) is 12.1. The fourth-order valence-electron chi connectivity index (χ4n) is 4.49. The summed E-state index contributed by atoms with van der Waals surface area (Å²) in [6, 6.07) is 12.8. The largest absolute Gasteiger partial charge is 0.495 e. The molecule has 1 aliphatic heterocycles. The molecule has 0 amide bonds. The summed E-state index contributed by atoms with van der Waals surface area (Å²) in [4.78, 5) is 9.43. The van der Waals surface area contributed by atoms with Crippen molar-refractivity contribution in [3.05, 3.63) is 58.2 Å². The lowest BCUT2D eigenvalue weighted by Gasteiger charge is -2.34. The SMILES string of the molecule is COc1ccc(Br)cc1S(=O)(=O)NCCCN1CCN(CCCNc2ccnc3cc(Cl)ccc23)CC1. The molecule has 200 valence electrons. The second kappa shape index (κ2) is 13.2. The lowest BCUT2D eigenvalue weighted by Crippen LogP contribution is -2.47. The quantitative estimate of drug-likeness (QED) is 0.293. The molecule has 0 unspecified atom stereocenters. The van der Waals surface area contributed by atoms with Crippen LogP contribution in [-0.2, 0) is 10.0 Å². The Morgan fingerprint density at radius 1 is 1.00 bits per heavy atom. The molecular formula is C26H33BrClN5O3S. The van der Waals surface area contributed by atoms with Gasteiger partial charge in [-0.2, -0.15) is 0 Å². The smallest absolute Gasteiger partial charge is 0.244 e. The number of piperazine rings is 1. The number of ether oxygens (including phenoxy) is 1. The molecule has 4 rings (SSSR count). The van der Waals surface area contributed by atoms with E-state index in [0.29, 0.717) is 21.8 Å². The van der Waals surface area contributed by atoms with Crippen molar-refractivity contribution in [3.8, 4) is 5.75 Å². The molecule has 1 fully saturated rings. The van der Waals surface area contributed by atoms with Crippen LogP contribution in [0.4, 0.5) is 5.69 Å². The van der Waals surface area contributed by atoms with Crippen LogP contribution in [0.15, 0.2) is 58.0 Å². The summed E-state index contributed by atoms with van der Waals surface area (Å²) >= 11 is 9.41. The van der Waals surface area contributed by atoms with Crippen LogP contribution < -0.4 is 14.8 Å². The standard InChI is InChI=1S/C26H33BrClN5O3S/c1-36-25-7-4-20(27)18-26(25)37(34,35)31-10-3-13-33-16-14-32(15-17-33)12-2-9-29-23-8-11-30-24-19-21(28)5-6-22(23)24/h4-8,11,18-19,31H,2-3,9-10,12-17H2,1H3,(H,29,30). The van der Waals surface area contributed by atoms with Gasteiger partial charge in [0.2, 0.25) is 10.0 Å². The number of fused-ring (bicyclic) bond motifs is 1. The summed E-state index contributed by atoms with van der Waals surface area (Å²) in [5, 5.41) is 5.31. The number of nitrogens with zero attached hydrogens (tertiary/aromatic N) is 3. The van der Waals surface area contributed by atoms with Crippen LogP contribution in [-0.4, -0.2) is 82.7 Å². The maximum absolute atomic E-state index is 12.7. The number of hydrogen-bond donors (Lipinski definition) is 2. The summed E-state index contributed by atoms with van der Waals surface area (Å²) in [5.74, 6) is 0.334. The van der Waals surface area contributed by atoms with Gasteiger partial charge in [-0.3, -0.25) is 4.98 Å². The number of benzene rings is 2. The third-order valence-corrected chi connectivity index (χ3v) is 8.71. The van der Waals surface area contributed by atoms with Crippen molar-refractivity contribution in [2.75, 3.05) is 64.8 Å². The van der Waals surface area contributed by atoms with Gasteiger partial charge >= 0.3 is 0 Å². The summed E-state index contributed by atoms with van der Waals surface area (Å²) < 4.78 is 34.0. The van der Waals surface area contributed by atoms with Gasteiger partial charge in [0.15, 0.2) is 0 Å². The minimum Gasteiger partial charge on any atom is -0.495 e. The van der Waals surface area contributed by atoms with E-state index in [1.54, 1.807) is 18.2 Å². The predicted octanol–water partition coefficient (Wildman–Crippen LogP) is 4.45. The third-order valence-electron chi connectivity index (χ3n) is 6.49. The zero-order valence-corrected chi connectivity index (χ0v) is 24.1. The number of aromatic nitrogens is 1. The molecule has 0 aliphatic carbocycles. The van der Waals surface area contributed by atoms with Gasteiger partial charge in [-0.25, -0.2) is 13.1 Å². The van der Waals surface area contributed by atoms with Gasteiger partial charge in [0.1, 0.15) is 10.6 Å². The van der Waals surface area contributed by atoms with Gasteiger partial charge in [0.05, 0.1) is 12.6 Å². The molecule has 11 heteroatoms. The molecule has 2 aromatic carbocycles. The van der Waals surface area contributed by atoms with Crippen LogP contribution in [0.1, 0.15) is 12.8 Å². The van der Waals surface area contributed by atoms with Crippen molar-refractivity contribution in [3.63, 3.8) is 0 Å². The number of pyridine rings is 1. The normalized spacial score (nSPS) is 15.2. The van der Waals surface area contributed by atoms with Crippen molar-refractivity contribution in [1.82, 2.24) is 19.5 Å². The van der Waals surface area contributed by atoms with Crippen molar-refractivity contribution in [1.29, 1.82) is 0 Å². The molecule has 0 saturated carbocycles. The molecular weight excluding hydrogens is 578 g/mol. The number of nitrogens with one attached hydrogen (secondary N) is 2. The average Bonchev–Trinajstić information content (AvgIpc) is 2.89. The summed E-state index contributed by atoms with van der Waals surface area (Å²) in [6.45, 7) is 7.24. The van der Waals surface area contributed by atoms with Gasteiger partial charge in [0, 0.05) is 66.0 Å². The number of methoxy groups -OCH3 is 1. The van der Waals surface area contributed by atoms with Gasteiger partial charge in [-0.1, -0.05) is 27.5 Å². The number of sulfonamides is 1. The van der Waals surface area contributed by atoms with Crippen LogP contribution in [0.25, 0.3) is 10.9 Å². The molecule has 2 N–H and O–H groups in total. The summed E-state index contributed by atoms with van der Waals surface area (Å²) in [5.41, 5.74) is 1.98. The second-order valence-electron chi connectivity index (χ2n) is 9.03. The van der Waals surface area contributed by atoms with Crippen molar-refractivity contribution < 1.29 is 13.2 Å². The lowest BCUT2D eigenvalue weighted by atomic mass is 10.2. The zero-order chi connectivity index (χ0) is 26.3. The lowest BCUT2D eigenvalue weighted by molar-refractivity contribution is 0.131. The molecule has 0 spiro atoms. The Morgan fingerprint density at radius 3 is 2.41 bits per heavy atom. The van der Waals surface area contributed by atoms with Gasteiger partial charge in [-0.15, -0.1) is 0 Å². The van der Waals surface area contributed by atoms with E-state index in [-0.39, 0.29) is 4.90 Å². The number of halogens is 2. The Labute approximate surface area is 232 Å². The molecule has 0 bridgehead atoms. The van der Waals surface area contributed by atoms with E-state index in [2.05, 4.69) is 40.8 Å². The minimum absolute atomic E-state index is 0.147. The van der Waals surface area contributed by atoms with E-state index in [9.17, 15) is 8.42 Å². The number of hydrogen-bond acceptors (Lipinski definition) is 7. The zero-order valence-electron chi connectivity index (χ0n) is 20.9. The molecule has 1 aliphatic rings. The molecule has 37 heavy (non-hydrogen) atoms. The predicted molar refractivity (Wildman–Crippen MR) is 153 cm³/mol. The highest BCUT2D eigenvalue weighted by Crippen LogP contribution is 2.27. The molecule has 3 aromatic rings. The van der Waals surface area contributed by atoms with Crippen LogP contribution >= 0.6 is 27.5 Å². The van der Waals surface area contributed by atoms with E-state index in [1.165, 1.54) is 7.11 Å². The summed E-state index contributed by atoms with van der Waals surface area (Å²) in [7, 11) is -2.16. The molecule has 0 radical (unpaired) electrons. The van der Waals surface area contributed by atoms with Crippen LogP contribution in [0.5, 0.6) is 5.75 Å². The van der Waals surface area contributed by atoms with E-state index in [1.807, 2.05) is 30.5 Å². The Hall–Kier alpha value is -1.95. The van der Waals surface area contributed by atoms with E-state index < -0.39 is 10.0 Å². The highest BCUT2D eigenvalue weighted by atomic mass is 79.9. The van der Waals surface area contributed by atoms with Crippen molar-refractivity contribution in [2.45, 2.75) is 17.7 Å². The van der Waals surface area contributed by atoms with Crippen molar-refractivity contribution in [2.24, 2.45) is 0 Å². The van der Waals surface area contributed by atoms with E-state index in [4.69, 9.17) is 16.3 Å². The van der Waals surface area contributed by atoms with E-state index in [0.717, 1.165) is 75.2 Å². The fourth-order valence-corrected chi connectivity index (χ4v) is 6.43. The Bertz CT molecular complexity index is 1300. The molecule has 1 saturated heterocycles. The molecule has 2 heterocycles. The van der Waals surface area contributed by atoms with Crippen LogP contribution in [0.3, 0.4) is 0 Å². The molecule has 8 nitrogen and oxygen atoms in total. The first kappa shape index (κ1) is 28.1. The average molecular weight is 611 g/mol. The fraction of sp³-hybridized carbons (Fsp3) is 0.423. The van der Waals surface area contributed by atoms with Gasteiger partial charge in [0.25, 0.3) is 0 Å². The highest BCUT2D eigenvalue weighted by Gasteiger charge is 2.20. The van der Waals surface area contributed by atoms with Gasteiger partial charge < -0.3 is 19.9 Å². The first-order valence-electron chi connectivity index (χ1n) is 12.4. The Balaban J connectivity index is 1.13. The number of anilines is 1. The minimum atomic E-state index is -3.63. The molecule has 0 atom stereocenters. The van der Waals surface area contributed by atoms with E-state index >= 15 is 0 Å². The maximum Gasteiger partial charge on any atom is 0.244 e. The highest BCUT2D eigenvalue weighted by molar-refractivity contribution is 9.10. The first-order chi connectivity index (χ1) is 17.9. The Kier molecular flexibility index (Phi) is 10.0. The van der Waals surface area contributed by atoms with Crippen molar-refractivity contribution >= 4 is 54.1 Å². The number of rotatable bonds is 12. The van der Waals surface area contributed by atoms with Gasteiger partial charge in [-0.05, 0) is 68.4 Å². The van der Waals surface area contributed by atoms with Crippen LogP contribution in [0.2, 0.25) is 5.02 Å². The molecule has 1 aromatic heterocycles. The third kappa shape index (κ3) is 7.78.